The SMILES string of the molecule is O=c1c(CCN2CCOCC2)c(-c2ccc(C(F)(F)F)cc2)[nH]n1-c1nc2ccccc2[nH]1. The zero-order chi connectivity index (χ0) is 23.0. The minimum atomic E-state index is -4.43. The average molecular weight is 457 g/mol. The lowest BCUT2D eigenvalue weighted by Gasteiger charge is -2.26. The highest BCUT2D eigenvalue weighted by Gasteiger charge is 2.30. The highest BCUT2D eigenvalue weighted by atomic mass is 19.4. The number of nitrogens with one attached hydrogen (secondary N) is 2. The molecule has 1 saturated heterocycles. The summed E-state index contributed by atoms with van der Waals surface area (Å²) in [5, 5.41) is 3.08. The summed E-state index contributed by atoms with van der Waals surface area (Å²) in [4.78, 5) is 23.2. The van der Waals surface area contributed by atoms with Gasteiger partial charge < -0.3 is 9.72 Å². The maximum Gasteiger partial charge on any atom is 0.416 e. The molecule has 2 aromatic heterocycles. The quantitative estimate of drug-likeness (QED) is 0.480. The van der Waals surface area contributed by atoms with Gasteiger partial charge in [0.15, 0.2) is 0 Å². The summed E-state index contributed by atoms with van der Waals surface area (Å²) in [5.74, 6) is 0.326. The molecule has 0 unspecified atom stereocenters. The van der Waals surface area contributed by atoms with Gasteiger partial charge in [-0.3, -0.25) is 14.8 Å². The number of hydrogen-bond acceptors (Lipinski definition) is 4. The maximum absolute atomic E-state index is 13.4. The molecule has 2 N–H and O–H groups in total. The van der Waals surface area contributed by atoms with Gasteiger partial charge in [-0.05, 0) is 36.2 Å². The molecule has 3 heterocycles. The van der Waals surface area contributed by atoms with E-state index in [0.717, 1.165) is 30.7 Å². The largest absolute Gasteiger partial charge is 0.416 e. The molecule has 172 valence electrons. The molecular formula is C23H22F3N5O2. The van der Waals surface area contributed by atoms with Crippen molar-refractivity contribution in [2.24, 2.45) is 0 Å². The van der Waals surface area contributed by atoms with Crippen LogP contribution in [0, 0.1) is 0 Å². The number of alkyl halides is 3. The average Bonchev–Trinajstić information content (AvgIpc) is 3.38. The lowest BCUT2D eigenvalue weighted by atomic mass is 10.0. The summed E-state index contributed by atoms with van der Waals surface area (Å²) in [7, 11) is 0. The van der Waals surface area contributed by atoms with Gasteiger partial charge in [-0.2, -0.15) is 17.9 Å². The monoisotopic (exact) mass is 457 g/mol. The standard InChI is InChI=1S/C23H22F3N5O2/c24-23(25,26)16-7-5-15(6-8-16)20-17(9-10-30-11-13-33-14-12-30)21(32)31(29-20)22-27-18-3-1-2-4-19(18)28-22/h1-8,29H,9-14H2,(H,27,28). The molecule has 10 heteroatoms. The molecule has 0 radical (unpaired) electrons. The van der Waals surface area contributed by atoms with Crippen LogP contribution in [-0.2, 0) is 17.3 Å². The second-order valence-electron chi connectivity index (χ2n) is 7.96. The summed E-state index contributed by atoms with van der Waals surface area (Å²) >= 11 is 0. The van der Waals surface area contributed by atoms with Gasteiger partial charge in [0.05, 0.1) is 35.5 Å². The van der Waals surface area contributed by atoms with Crippen molar-refractivity contribution in [3.8, 4) is 17.2 Å². The first-order valence-electron chi connectivity index (χ1n) is 10.7. The number of aromatic nitrogens is 4. The molecular weight excluding hydrogens is 435 g/mol. The number of benzene rings is 2. The van der Waals surface area contributed by atoms with Gasteiger partial charge >= 0.3 is 6.18 Å². The van der Waals surface area contributed by atoms with E-state index in [-0.39, 0.29) is 5.56 Å². The second-order valence-corrected chi connectivity index (χ2v) is 7.96. The van der Waals surface area contributed by atoms with Gasteiger partial charge in [0.2, 0.25) is 5.95 Å². The van der Waals surface area contributed by atoms with Gasteiger partial charge in [0.1, 0.15) is 0 Å². The van der Waals surface area contributed by atoms with E-state index >= 15 is 0 Å². The predicted octanol–water partition coefficient (Wildman–Crippen LogP) is 3.60. The molecule has 0 saturated carbocycles. The number of morpholine rings is 1. The molecule has 0 aliphatic carbocycles. The summed E-state index contributed by atoms with van der Waals surface area (Å²) in [6, 6.07) is 12.2. The van der Waals surface area contributed by atoms with E-state index in [9.17, 15) is 18.0 Å². The summed E-state index contributed by atoms with van der Waals surface area (Å²) in [6.45, 7) is 3.48. The zero-order valence-electron chi connectivity index (χ0n) is 17.7. The lowest BCUT2D eigenvalue weighted by molar-refractivity contribution is -0.137. The van der Waals surface area contributed by atoms with Crippen LogP contribution in [0.2, 0.25) is 0 Å². The number of fused-ring (bicyclic) bond motifs is 1. The van der Waals surface area contributed by atoms with E-state index in [1.54, 1.807) is 0 Å². The van der Waals surface area contributed by atoms with E-state index in [4.69, 9.17) is 4.74 Å². The number of rotatable bonds is 5. The molecule has 4 aromatic rings. The topological polar surface area (TPSA) is 78.9 Å². The normalized spacial score (nSPS) is 15.4. The van der Waals surface area contributed by atoms with Crippen LogP contribution in [0.15, 0.2) is 53.3 Å². The van der Waals surface area contributed by atoms with Crippen LogP contribution in [0.3, 0.4) is 0 Å². The Kier molecular flexibility index (Phi) is 5.55. The number of para-hydroxylation sites is 2. The van der Waals surface area contributed by atoms with Gasteiger partial charge in [-0.1, -0.05) is 24.3 Å². The van der Waals surface area contributed by atoms with E-state index in [0.29, 0.717) is 54.5 Å². The van der Waals surface area contributed by atoms with Crippen LogP contribution in [0.1, 0.15) is 11.1 Å². The predicted molar refractivity (Wildman–Crippen MR) is 117 cm³/mol. The molecule has 0 amide bonds. The van der Waals surface area contributed by atoms with Crippen molar-refractivity contribution in [2.75, 3.05) is 32.8 Å². The Morgan fingerprint density at radius 2 is 1.76 bits per heavy atom. The van der Waals surface area contributed by atoms with E-state index in [2.05, 4.69) is 20.0 Å². The molecule has 7 nitrogen and oxygen atoms in total. The third-order valence-electron chi connectivity index (χ3n) is 5.86. The minimum absolute atomic E-state index is 0.280. The van der Waals surface area contributed by atoms with Crippen LogP contribution in [0.25, 0.3) is 28.2 Å². The van der Waals surface area contributed by atoms with Crippen LogP contribution < -0.4 is 5.56 Å². The third-order valence-corrected chi connectivity index (χ3v) is 5.86. The smallest absolute Gasteiger partial charge is 0.379 e. The van der Waals surface area contributed by atoms with Crippen molar-refractivity contribution in [1.82, 2.24) is 24.6 Å². The Morgan fingerprint density at radius 1 is 1.03 bits per heavy atom. The van der Waals surface area contributed by atoms with Crippen LogP contribution in [0.5, 0.6) is 0 Å². The Balaban J connectivity index is 1.55. The van der Waals surface area contributed by atoms with Crippen molar-refractivity contribution < 1.29 is 17.9 Å². The molecule has 33 heavy (non-hydrogen) atoms. The van der Waals surface area contributed by atoms with Gasteiger partial charge in [0, 0.05) is 25.2 Å². The fourth-order valence-electron chi connectivity index (χ4n) is 4.06. The van der Waals surface area contributed by atoms with Crippen molar-refractivity contribution >= 4 is 11.0 Å². The van der Waals surface area contributed by atoms with E-state index < -0.39 is 11.7 Å². The fraction of sp³-hybridized carbons (Fsp3) is 0.304. The van der Waals surface area contributed by atoms with Crippen LogP contribution in [-0.4, -0.2) is 57.5 Å². The minimum Gasteiger partial charge on any atom is -0.379 e. The molecule has 0 bridgehead atoms. The molecule has 0 spiro atoms. The Hall–Kier alpha value is -3.37. The van der Waals surface area contributed by atoms with Crippen molar-refractivity contribution in [3.63, 3.8) is 0 Å². The number of ether oxygens (including phenoxy) is 1. The Morgan fingerprint density at radius 3 is 2.45 bits per heavy atom. The molecule has 1 aliphatic heterocycles. The molecule has 1 aliphatic rings. The summed E-state index contributed by atoms with van der Waals surface area (Å²) in [5.41, 5.74) is 1.97. The summed E-state index contributed by atoms with van der Waals surface area (Å²) in [6.07, 6.45) is -3.98. The first-order chi connectivity index (χ1) is 15.9. The number of imidazole rings is 1. The van der Waals surface area contributed by atoms with Crippen LogP contribution in [0.4, 0.5) is 13.2 Å². The van der Waals surface area contributed by atoms with E-state index in [1.165, 1.54) is 16.8 Å². The third kappa shape index (κ3) is 4.31. The fourth-order valence-corrected chi connectivity index (χ4v) is 4.06. The van der Waals surface area contributed by atoms with Crippen molar-refractivity contribution in [2.45, 2.75) is 12.6 Å². The lowest BCUT2D eigenvalue weighted by Crippen LogP contribution is -2.38. The van der Waals surface area contributed by atoms with E-state index in [1.807, 2.05) is 24.3 Å². The second kappa shape index (κ2) is 8.53. The maximum atomic E-state index is 13.4. The van der Waals surface area contributed by atoms with Crippen molar-refractivity contribution in [3.05, 3.63) is 70.0 Å². The number of aromatic amines is 2. The molecule has 0 atom stereocenters. The first kappa shape index (κ1) is 21.5. The first-order valence-corrected chi connectivity index (χ1v) is 10.7. The van der Waals surface area contributed by atoms with Gasteiger partial charge in [-0.25, -0.2) is 4.98 Å². The summed E-state index contributed by atoms with van der Waals surface area (Å²) < 4.78 is 45.8. The van der Waals surface area contributed by atoms with Crippen LogP contribution >= 0.6 is 0 Å². The Bertz CT molecular complexity index is 1280. The number of nitrogens with zero attached hydrogens (tertiary/aromatic N) is 3. The van der Waals surface area contributed by atoms with Crippen molar-refractivity contribution in [1.29, 1.82) is 0 Å². The number of halogens is 3. The Labute approximate surface area is 186 Å². The molecule has 2 aromatic carbocycles. The molecule has 1 fully saturated rings. The number of hydrogen-bond donors (Lipinski definition) is 2. The highest BCUT2D eigenvalue weighted by Crippen LogP contribution is 2.31. The van der Waals surface area contributed by atoms with Gasteiger partial charge in [-0.15, -0.1) is 0 Å². The molecule has 5 rings (SSSR count). The number of H-pyrrole nitrogens is 2. The zero-order valence-corrected chi connectivity index (χ0v) is 17.7. The highest BCUT2D eigenvalue weighted by molar-refractivity contribution is 5.76. The van der Waals surface area contributed by atoms with Gasteiger partial charge in [0.25, 0.3) is 5.56 Å².